The molecule has 0 aliphatic carbocycles. The van der Waals surface area contributed by atoms with Crippen molar-refractivity contribution in [3.63, 3.8) is 0 Å². The fourth-order valence-electron chi connectivity index (χ4n) is 0.980. The molecule has 0 atom stereocenters. The van der Waals surface area contributed by atoms with Gasteiger partial charge < -0.3 is 5.11 Å². The van der Waals surface area contributed by atoms with Gasteiger partial charge in [-0.1, -0.05) is 0 Å². The average Bonchev–Trinajstić information content (AvgIpc) is 2.46. The number of halogens is 1. The Morgan fingerprint density at radius 1 is 1.58 bits per heavy atom. The van der Waals surface area contributed by atoms with Crippen molar-refractivity contribution in [3.05, 3.63) is 28.6 Å². The third-order valence-electron chi connectivity index (χ3n) is 1.49. The van der Waals surface area contributed by atoms with Crippen LogP contribution in [0, 0.1) is 0 Å². The quantitative estimate of drug-likeness (QED) is 0.791. The smallest absolute Gasteiger partial charge is 0.155 e. The van der Waals surface area contributed by atoms with E-state index in [1.54, 1.807) is 23.0 Å². The summed E-state index contributed by atoms with van der Waals surface area (Å²) in [5.41, 5.74) is 1.36. The zero-order valence-corrected chi connectivity index (χ0v) is 7.69. The molecule has 2 rings (SSSR count). The topological polar surface area (TPSA) is 50.4 Å². The lowest BCUT2D eigenvalue weighted by atomic mass is 10.4. The van der Waals surface area contributed by atoms with Crippen LogP contribution in [-0.4, -0.2) is 19.7 Å². The minimum Gasteiger partial charge on any atom is -0.390 e. The molecule has 1 N–H and O–H groups in total. The Bertz CT molecular complexity index is 412. The van der Waals surface area contributed by atoms with Crippen molar-refractivity contribution in [1.29, 1.82) is 0 Å². The Labute approximate surface area is 77.0 Å². The molecule has 2 aromatic rings. The minimum absolute atomic E-state index is 0.0546. The summed E-state index contributed by atoms with van der Waals surface area (Å²) in [6.45, 7) is -0.0546. The van der Waals surface area contributed by atoms with Gasteiger partial charge in [0.1, 0.15) is 0 Å². The van der Waals surface area contributed by atoms with Crippen LogP contribution < -0.4 is 0 Å². The van der Waals surface area contributed by atoms with Crippen molar-refractivity contribution in [2.75, 3.05) is 0 Å². The minimum atomic E-state index is -0.0546. The van der Waals surface area contributed by atoms with Gasteiger partial charge in [0.2, 0.25) is 0 Å². The van der Waals surface area contributed by atoms with E-state index >= 15 is 0 Å². The Kier molecular flexibility index (Phi) is 1.82. The number of aliphatic hydroxyl groups is 1. The van der Waals surface area contributed by atoms with Gasteiger partial charge in [-0.3, -0.25) is 0 Å². The summed E-state index contributed by atoms with van der Waals surface area (Å²) in [6, 6.07) is 1.74. The summed E-state index contributed by atoms with van der Waals surface area (Å²) < 4.78 is 2.48. The van der Waals surface area contributed by atoms with E-state index in [2.05, 4.69) is 26.0 Å². The number of rotatable bonds is 1. The second-order valence-corrected chi connectivity index (χ2v) is 3.28. The van der Waals surface area contributed by atoms with Gasteiger partial charge in [-0.25, -0.2) is 9.50 Å². The summed E-state index contributed by atoms with van der Waals surface area (Å²) in [4.78, 5) is 4.09. The molecule has 2 heterocycles. The van der Waals surface area contributed by atoms with Gasteiger partial charge in [-0.05, 0) is 15.9 Å². The van der Waals surface area contributed by atoms with Crippen LogP contribution in [0.4, 0.5) is 0 Å². The van der Waals surface area contributed by atoms with Gasteiger partial charge >= 0.3 is 0 Å². The zero-order chi connectivity index (χ0) is 8.55. The van der Waals surface area contributed by atoms with Crippen LogP contribution in [0.15, 0.2) is 22.9 Å². The van der Waals surface area contributed by atoms with Crippen molar-refractivity contribution in [2.45, 2.75) is 6.61 Å². The molecule has 12 heavy (non-hydrogen) atoms. The summed E-state index contributed by atoms with van der Waals surface area (Å²) >= 11 is 3.28. The molecule has 0 aliphatic rings. The standard InChI is InChI=1S/C7H6BrN3O/c8-5-2-9-7-1-6(4-12)10-11(7)3-5/h1-3,12H,4H2. The van der Waals surface area contributed by atoms with Crippen LogP contribution in [-0.2, 0) is 6.61 Å². The number of fused-ring (bicyclic) bond motifs is 1. The van der Waals surface area contributed by atoms with Gasteiger partial charge in [-0.2, -0.15) is 5.10 Å². The fourth-order valence-corrected chi connectivity index (χ4v) is 1.28. The van der Waals surface area contributed by atoms with Crippen molar-refractivity contribution >= 4 is 21.6 Å². The van der Waals surface area contributed by atoms with Crippen molar-refractivity contribution in [1.82, 2.24) is 14.6 Å². The van der Waals surface area contributed by atoms with Gasteiger partial charge in [0.25, 0.3) is 0 Å². The van der Waals surface area contributed by atoms with Crippen molar-refractivity contribution < 1.29 is 5.11 Å². The molecule has 5 heteroatoms. The fraction of sp³-hybridized carbons (Fsp3) is 0.143. The highest BCUT2D eigenvalue weighted by molar-refractivity contribution is 9.10. The van der Waals surface area contributed by atoms with E-state index in [1.165, 1.54) is 0 Å². The molecular weight excluding hydrogens is 222 g/mol. The van der Waals surface area contributed by atoms with Crippen LogP contribution in [0.1, 0.15) is 5.69 Å². The average molecular weight is 228 g/mol. The first-order valence-corrected chi connectivity index (χ1v) is 4.19. The van der Waals surface area contributed by atoms with Gasteiger partial charge in [0.05, 0.1) is 16.8 Å². The van der Waals surface area contributed by atoms with E-state index in [-0.39, 0.29) is 6.61 Å². The van der Waals surface area contributed by atoms with E-state index in [4.69, 9.17) is 5.11 Å². The normalized spacial score (nSPS) is 10.8. The summed E-state index contributed by atoms with van der Waals surface area (Å²) in [5, 5.41) is 12.9. The molecule has 4 nitrogen and oxygen atoms in total. The molecule has 0 radical (unpaired) electrons. The highest BCUT2D eigenvalue weighted by atomic mass is 79.9. The number of aromatic nitrogens is 3. The lowest BCUT2D eigenvalue weighted by Gasteiger charge is -1.90. The Hall–Kier alpha value is -0.940. The molecule has 0 saturated carbocycles. The number of aliphatic hydroxyl groups excluding tert-OH is 1. The monoisotopic (exact) mass is 227 g/mol. The van der Waals surface area contributed by atoms with Gasteiger partial charge in [0.15, 0.2) is 5.65 Å². The molecule has 0 amide bonds. The summed E-state index contributed by atoms with van der Waals surface area (Å²) in [6.07, 6.45) is 3.49. The predicted octanol–water partition coefficient (Wildman–Crippen LogP) is 0.984. The SMILES string of the molecule is OCc1cc2ncc(Br)cn2n1. The highest BCUT2D eigenvalue weighted by Crippen LogP contribution is 2.09. The first-order chi connectivity index (χ1) is 5.79. The maximum Gasteiger partial charge on any atom is 0.155 e. The first kappa shape index (κ1) is 7.70. The van der Waals surface area contributed by atoms with Gasteiger partial charge in [0, 0.05) is 18.5 Å². The number of hydrogen-bond acceptors (Lipinski definition) is 3. The molecular formula is C7H6BrN3O. The van der Waals surface area contributed by atoms with Crippen LogP contribution in [0.2, 0.25) is 0 Å². The van der Waals surface area contributed by atoms with E-state index in [0.29, 0.717) is 5.69 Å². The molecule has 62 valence electrons. The highest BCUT2D eigenvalue weighted by Gasteiger charge is 2.00. The maximum absolute atomic E-state index is 8.79. The third-order valence-corrected chi connectivity index (χ3v) is 1.90. The lowest BCUT2D eigenvalue weighted by molar-refractivity contribution is 0.276. The van der Waals surface area contributed by atoms with Crippen LogP contribution in [0.5, 0.6) is 0 Å². The van der Waals surface area contributed by atoms with E-state index < -0.39 is 0 Å². The Balaban J connectivity index is 2.67. The summed E-state index contributed by atoms with van der Waals surface area (Å²) in [7, 11) is 0. The van der Waals surface area contributed by atoms with Crippen molar-refractivity contribution in [2.24, 2.45) is 0 Å². The molecule has 0 aliphatic heterocycles. The summed E-state index contributed by atoms with van der Waals surface area (Å²) in [5.74, 6) is 0. The van der Waals surface area contributed by atoms with Gasteiger partial charge in [-0.15, -0.1) is 0 Å². The second-order valence-electron chi connectivity index (χ2n) is 2.37. The first-order valence-electron chi connectivity index (χ1n) is 3.40. The predicted molar refractivity (Wildman–Crippen MR) is 46.6 cm³/mol. The van der Waals surface area contributed by atoms with E-state index in [9.17, 15) is 0 Å². The lowest BCUT2D eigenvalue weighted by Crippen LogP contribution is -1.89. The van der Waals surface area contributed by atoms with Crippen LogP contribution in [0.25, 0.3) is 5.65 Å². The molecule has 0 bridgehead atoms. The molecule has 0 saturated heterocycles. The molecule has 0 unspecified atom stereocenters. The van der Waals surface area contributed by atoms with E-state index in [1.807, 2.05) is 0 Å². The maximum atomic E-state index is 8.79. The Morgan fingerprint density at radius 2 is 2.42 bits per heavy atom. The third kappa shape index (κ3) is 1.21. The van der Waals surface area contributed by atoms with E-state index in [0.717, 1.165) is 10.1 Å². The number of nitrogens with zero attached hydrogens (tertiary/aromatic N) is 3. The van der Waals surface area contributed by atoms with Crippen LogP contribution >= 0.6 is 15.9 Å². The second kappa shape index (κ2) is 2.84. The molecule has 2 aromatic heterocycles. The molecule has 0 spiro atoms. The Morgan fingerprint density at radius 3 is 3.17 bits per heavy atom. The molecule has 0 aromatic carbocycles. The number of hydrogen-bond donors (Lipinski definition) is 1. The van der Waals surface area contributed by atoms with Crippen molar-refractivity contribution in [3.8, 4) is 0 Å². The largest absolute Gasteiger partial charge is 0.390 e. The zero-order valence-electron chi connectivity index (χ0n) is 6.11. The van der Waals surface area contributed by atoms with Crippen LogP contribution in [0.3, 0.4) is 0 Å². The molecule has 0 fully saturated rings.